The van der Waals surface area contributed by atoms with Gasteiger partial charge in [-0.1, -0.05) is 18.2 Å². The minimum absolute atomic E-state index is 0.138. The maximum atomic E-state index is 14.0. The molecule has 2 aromatic rings. The molecule has 0 aliphatic carbocycles. The molecular weight excluding hydrogens is 403 g/mol. The van der Waals surface area contributed by atoms with Crippen LogP contribution in [-0.2, 0) is 11.3 Å². The van der Waals surface area contributed by atoms with Crippen molar-refractivity contribution in [1.82, 2.24) is 9.80 Å². The van der Waals surface area contributed by atoms with Crippen LogP contribution in [0.2, 0.25) is 0 Å². The first kappa shape index (κ1) is 22.6. The highest BCUT2D eigenvalue weighted by molar-refractivity contribution is 5.96. The highest BCUT2D eigenvalue weighted by Crippen LogP contribution is 2.29. The number of amides is 1. The van der Waals surface area contributed by atoms with Crippen LogP contribution in [0, 0.1) is 15.9 Å². The molecule has 0 bridgehead atoms. The fourth-order valence-electron chi connectivity index (χ4n) is 3.70. The van der Waals surface area contributed by atoms with Crippen LogP contribution in [0.1, 0.15) is 18.9 Å². The van der Waals surface area contributed by atoms with E-state index >= 15 is 0 Å². The average molecular weight is 430 g/mol. The number of halogens is 1. The van der Waals surface area contributed by atoms with Crippen molar-refractivity contribution in [2.45, 2.75) is 25.9 Å². The molecule has 1 aliphatic rings. The fourth-order valence-corrected chi connectivity index (χ4v) is 3.70. The van der Waals surface area contributed by atoms with Crippen LogP contribution < -0.4 is 10.1 Å². The van der Waals surface area contributed by atoms with E-state index in [2.05, 4.69) is 10.2 Å². The van der Waals surface area contributed by atoms with Crippen molar-refractivity contribution in [3.8, 4) is 5.75 Å². The molecule has 1 saturated heterocycles. The van der Waals surface area contributed by atoms with E-state index in [1.165, 1.54) is 25.3 Å². The highest BCUT2D eigenvalue weighted by atomic mass is 19.1. The molecule has 1 aliphatic heterocycles. The van der Waals surface area contributed by atoms with Crippen LogP contribution in [0.4, 0.5) is 15.8 Å². The van der Waals surface area contributed by atoms with Crippen LogP contribution in [-0.4, -0.2) is 60.0 Å². The first-order chi connectivity index (χ1) is 14.9. The van der Waals surface area contributed by atoms with Gasteiger partial charge in [0.25, 0.3) is 5.69 Å². The average Bonchev–Trinajstić information content (AvgIpc) is 3.00. The Morgan fingerprint density at radius 2 is 2.00 bits per heavy atom. The predicted octanol–water partition coefficient (Wildman–Crippen LogP) is 3.28. The van der Waals surface area contributed by atoms with Gasteiger partial charge in [-0.2, -0.15) is 0 Å². The van der Waals surface area contributed by atoms with Crippen molar-refractivity contribution in [2.75, 3.05) is 38.6 Å². The van der Waals surface area contributed by atoms with E-state index in [1.807, 2.05) is 11.0 Å². The van der Waals surface area contributed by atoms with E-state index in [-0.39, 0.29) is 23.1 Å². The second kappa shape index (κ2) is 10.3. The monoisotopic (exact) mass is 430 g/mol. The smallest absolute Gasteiger partial charge is 0.296 e. The zero-order chi connectivity index (χ0) is 22.4. The molecule has 8 nitrogen and oxygen atoms in total. The number of benzene rings is 2. The van der Waals surface area contributed by atoms with Gasteiger partial charge in [0.1, 0.15) is 17.3 Å². The summed E-state index contributed by atoms with van der Waals surface area (Å²) in [7, 11) is 1.42. The fraction of sp³-hybridized carbons (Fsp3) is 0.409. The molecule has 1 unspecified atom stereocenters. The molecule has 0 saturated carbocycles. The Hall–Kier alpha value is -3.04. The maximum absolute atomic E-state index is 14.0. The number of nitrogens with zero attached hydrogens (tertiary/aromatic N) is 3. The molecule has 166 valence electrons. The highest BCUT2D eigenvalue weighted by Gasteiger charge is 2.26. The Morgan fingerprint density at radius 1 is 1.23 bits per heavy atom. The zero-order valence-corrected chi connectivity index (χ0v) is 17.7. The Labute approximate surface area is 180 Å². The summed E-state index contributed by atoms with van der Waals surface area (Å²) in [5, 5.41) is 14.0. The van der Waals surface area contributed by atoms with Gasteiger partial charge in [0, 0.05) is 31.7 Å². The quantitative estimate of drug-likeness (QED) is 0.536. The van der Waals surface area contributed by atoms with E-state index in [0.717, 1.165) is 13.0 Å². The van der Waals surface area contributed by atoms with Gasteiger partial charge in [0.2, 0.25) is 5.91 Å². The first-order valence-corrected chi connectivity index (χ1v) is 10.2. The van der Waals surface area contributed by atoms with E-state index in [1.54, 1.807) is 25.1 Å². The van der Waals surface area contributed by atoms with Crippen molar-refractivity contribution in [1.29, 1.82) is 0 Å². The van der Waals surface area contributed by atoms with E-state index in [9.17, 15) is 19.3 Å². The van der Waals surface area contributed by atoms with Gasteiger partial charge in [-0.15, -0.1) is 0 Å². The number of nitro groups is 1. The Balaban J connectivity index is 1.61. The standard InChI is InChI=1S/C22H27FN4O4/c1-16(22(28)24-20-9-8-18(31-2)14-21(20)27(29)30)26-11-5-10-25(12-13-26)15-17-6-3-4-7-19(17)23/h3-4,6-9,14,16H,5,10-13,15H2,1-2H3,(H,24,28). The summed E-state index contributed by atoms with van der Waals surface area (Å²) in [5.74, 6) is -0.173. The lowest BCUT2D eigenvalue weighted by Crippen LogP contribution is -2.44. The van der Waals surface area contributed by atoms with Gasteiger partial charge in [-0.05, 0) is 38.1 Å². The topological polar surface area (TPSA) is 88.0 Å². The molecule has 1 atom stereocenters. The van der Waals surface area contributed by atoms with Gasteiger partial charge >= 0.3 is 0 Å². The number of anilines is 1. The van der Waals surface area contributed by atoms with Gasteiger partial charge < -0.3 is 10.1 Å². The minimum atomic E-state index is -0.546. The zero-order valence-electron chi connectivity index (χ0n) is 17.7. The normalized spacial score (nSPS) is 16.4. The van der Waals surface area contributed by atoms with Crippen molar-refractivity contribution in [3.05, 3.63) is 64.0 Å². The summed E-state index contributed by atoms with van der Waals surface area (Å²) in [4.78, 5) is 27.8. The lowest BCUT2D eigenvalue weighted by atomic mass is 10.2. The van der Waals surface area contributed by atoms with Gasteiger partial charge in [0.05, 0.1) is 24.1 Å². The molecule has 0 spiro atoms. The third kappa shape index (κ3) is 5.77. The first-order valence-electron chi connectivity index (χ1n) is 10.2. The second-order valence-corrected chi connectivity index (χ2v) is 7.56. The van der Waals surface area contributed by atoms with Gasteiger partial charge in [-0.25, -0.2) is 4.39 Å². The number of methoxy groups -OCH3 is 1. The number of nitrogens with one attached hydrogen (secondary N) is 1. The van der Waals surface area contributed by atoms with E-state index in [0.29, 0.717) is 37.5 Å². The third-order valence-corrected chi connectivity index (χ3v) is 5.56. The van der Waals surface area contributed by atoms with E-state index in [4.69, 9.17) is 4.74 Å². The summed E-state index contributed by atoms with van der Waals surface area (Å²) in [6.07, 6.45) is 0.842. The number of ether oxygens (including phenoxy) is 1. The molecule has 31 heavy (non-hydrogen) atoms. The van der Waals surface area contributed by atoms with Crippen molar-refractivity contribution >= 4 is 17.3 Å². The molecule has 1 fully saturated rings. The number of carbonyl (C=O) groups excluding carboxylic acids is 1. The summed E-state index contributed by atoms with van der Waals surface area (Å²) in [6, 6.07) is 10.6. The molecule has 0 aromatic heterocycles. The largest absolute Gasteiger partial charge is 0.496 e. The number of hydrogen-bond donors (Lipinski definition) is 1. The molecule has 1 heterocycles. The van der Waals surface area contributed by atoms with Crippen molar-refractivity contribution in [3.63, 3.8) is 0 Å². The summed E-state index contributed by atoms with van der Waals surface area (Å²) in [5.41, 5.74) is 0.582. The van der Waals surface area contributed by atoms with Gasteiger partial charge in [0.15, 0.2) is 0 Å². The van der Waals surface area contributed by atoms with Crippen molar-refractivity contribution < 1.29 is 18.8 Å². The molecule has 1 N–H and O–H groups in total. The summed E-state index contributed by atoms with van der Waals surface area (Å²) >= 11 is 0. The van der Waals surface area contributed by atoms with Crippen LogP contribution in [0.5, 0.6) is 5.75 Å². The predicted molar refractivity (Wildman–Crippen MR) is 116 cm³/mol. The Morgan fingerprint density at radius 3 is 2.71 bits per heavy atom. The number of hydrogen-bond acceptors (Lipinski definition) is 6. The third-order valence-electron chi connectivity index (χ3n) is 5.56. The Kier molecular flexibility index (Phi) is 7.54. The molecule has 2 aromatic carbocycles. The lowest BCUT2D eigenvalue weighted by molar-refractivity contribution is -0.384. The van der Waals surface area contributed by atoms with Crippen LogP contribution in [0.3, 0.4) is 0 Å². The number of carbonyl (C=O) groups is 1. The summed E-state index contributed by atoms with van der Waals surface area (Å²) < 4.78 is 19.0. The van der Waals surface area contributed by atoms with Crippen molar-refractivity contribution in [2.24, 2.45) is 0 Å². The van der Waals surface area contributed by atoms with Crippen LogP contribution in [0.25, 0.3) is 0 Å². The molecule has 0 radical (unpaired) electrons. The summed E-state index contributed by atoms with van der Waals surface area (Å²) in [6.45, 7) is 5.19. The van der Waals surface area contributed by atoms with E-state index < -0.39 is 11.0 Å². The molecule has 3 rings (SSSR count). The van der Waals surface area contributed by atoms with Crippen LogP contribution in [0.15, 0.2) is 42.5 Å². The lowest BCUT2D eigenvalue weighted by Gasteiger charge is -2.27. The SMILES string of the molecule is COc1ccc(NC(=O)C(C)N2CCCN(Cc3ccccc3F)CC2)c([N+](=O)[O-])c1. The van der Waals surface area contributed by atoms with Crippen LogP contribution >= 0.6 is 0 Å². The van der Waals surface area contributed by atoms with Gasteiger partial charge in [-0.3, -0.25) is 24.7 Å². The Bertz CT molecular complexity index is 939. The number of rotatable bonds is 7. The molecular formula is C22H27FN4O4. The second-order valence-electron chi connectivity index (χ2n) is 7.56. The maximum Gasteiger partial charge on any atom is 0.296 e. The number of nitro benzene ring substituents is 1. The molecule has 1 amide bonds. The minimum Gasteiger partial charge on any atom is -0.496 e. The molecule has 9 heteroatoms.